The normalized spacial score (nSPS) is 20.3. The lowest BCUT2D eigenvalue weighted by Crippen LogP contribution is -2.19. The Bertz CT molecular complexity index is 614. The van der Waals surface area contributed by atoms with E-state index in [0.717, 1.165) is 18.1 Å². The third kappa shape index (κ3) is 6.01. The second-order valence-electron chi connectivity index (χ2n) is 6.86. The highest BCUT2D eigenvalue weighted by Crippen LogP contribution is 2.40. The molecule has 0 saturated heterocycles. The van der Waals surface area contributed by atoms with Crippen LogP contribution in [0.4, 0.5) is 4.39 Å². The summed E-state index contributed by atoms with van der Waals surface area (Å²) in [6.45, 7) is 10.0. The van der Waals surface area contributed by atoms with Gasteiger partial charge in [0.05, 0.1) is 0 Å². The lowest BCUT2D eigenvalue weighted by molar-refractivity contribution is -0.131. The monoisotopic (exact) mass is 318 g/mol. The molecular formula is C20H27FO2. The number of aliphatic carboxylic acids is 1. The van der Waals surface area contributed by atoms with Crippen LogP contribution in [0.15, 0.2) is 58.5 Å². The van der Waals surface area contributed by atoms with Crippen LogP contribution in [0.2, 0.25) is 0 Å². The van der Waals surface area contributed by atoms with Crippen molar-refractivity contribution in [2.75, 3.05) is 0 Å². The van der Waals surface area contributed by atoms with Gasteiger partial charge < -0.3 is 5.11 Å². The predicted octanol–water partition coefficient (Wildman–Crippen LogP) is 5.90. The summed E-state index contributed by atoms with van der Waals surface area (Å²) in [5.41, 5.74) is 4.00. The van der Waals surface area contributed by atoms with Gasteiger partial charge in [-0.25, -0.2) is 9.18 Å². The van der Waals surface area contributed by atoms with Gasteiger partial charge in [0.1, 0.15) is 5.83 Å². The third-order valence-corrected chi connectivity index (χ3v) is 4.26. The summed E-state index contributed by atoms with van der Waals surface area (Å²) in [5.74, 6) is -1.68. The van der Waals surface area contributed by atoms with Crippen molar-refractivity contribution in [2.24, 2.45) is 5.41 Å². The molecule has 0 atom stereocenters. The van der Waals surface area contributed by atoms with Crippen molar-refractivity contribution in [1.82, 2.24) is 0 Å². The Kier molecular flexibility index (Phi) is 6.74. The number of hydrogen-bond donors (Lipinski definition) is 1. The van der Waals surface area contributed by atoms with E-state index in [1.54, 1.807) is 6.08 Å². The maximum atomic E-state index is 13.7. The van der Waals surface area contributed by atoms with Gasteiger partial charge in [0.25, 0.3) is 0 Å². The second kappa shape index (κ2) is 8.09. The molecule has 0 saturated carbocycles. The maximum Gasteiger partial charge on any atom is 0.328 e. The summed E-state index contributed by atoms with van der Waals surface area (Å²) >= 11 is 0. The van der Waals surface area contributed by atoms with Crippen LogP contribution in [0.25, 0.3) is 0 Å². The van der Waals surface area contributed by atoms with Crippen LogP contribution in [-0.2, 0) is 4.79 Å². The van der Waals surface area contributed by atoms with Gasteiger partial charge in [-0.2, -0.15) is 0 Å². The van der Waals surface area contributed by atoms with Gasteiger partial charge in [0, 0.05) is 6.08 Å². The molecule has 0 fully saturated rings. The van der Waals surface area contributed by atoms with E-state index in [4.69, 9.17) is 5.11 Å². The zero-order chi connectivity index (χ0) is 17.6. The van der Waals surface area contributed by atoms with Gasteiger partial charge in [-0.1, -0.05) is 43.2 Å². The fourth-order valence-corrected chi connectivity index (χ4v) is 2.87. The summed E-state index contributed by atoms with van der Waals surface area (Å²) in [6.07, 6.45) is 11.5. The Labute approximate surface area is 138 Å². The summed E-state index contributed by atoms with van der Waals surface area (Å²) in [7, 11) is 0. The number of halogens is 1. The SMILES string of the molecule is CC(C=CC1=C(C)CCCC1(C)C)=CC=C(F)C(C)=CC(=O)O. The largest absolute Gasteiger partial charge is 0.478 e. The molecule has 3 heteroatoms. The molecule has 0 spiro atoms. The Balaban J connectivity index is 2.90. The Morgan fingerprint density at radius 3 is 2.48 bits per heavy atom. The van der Waals surface area contributed by atoms with Crippen molar-refractivity contribution in [2.45, 2.75) is 53.9 Å². The van der Waals surface area contributed by atoms with Crippen LogP contribution in [0.3, 0.4) is 0 Å². The van der Waals surface area contributed by atoms with E-state index in [1.807, 2.05) is 13.0 Å². The van der Waals surface area contributed by atoms with E-state index in [2.05, 4.69) is 26.8 Å². The predicted molar refractivity (Wildman–Crippen MR) is 93.8 cm³/mol. The highest BCUT2D eigenvalue weighted by Gasteiger charge is 2.26. The van der Waals surface area contributed by atoms with E-state index in [-0.39, 0.29) is 11.0 Å². The lowest BCUT2D eigenvalue weighted by atomic mass is 9.72. The fraction of sp³-hybridized carbons (Fsp3) is 0.450. The topological polar surface area (TPSA) is 37.3 Å². The first-order chi connectivity index (χ1) is 10.6. The molecular weight excluding hydrogens is 291 g/mol. The number of allylic oxidation sites excluding steroid dienone is 9. The minimum absolute atomic E-state index is 0.109. The van der Waals surface area contributed by atoms with Crippen molar-refractivity contribution in [3.05, 3.63) is 58.5 Å². The standard InChI is InChI=1S/C20H27FO2/c1-14(9-11-18(21)16(3)13-19(22)23)8-10-17-15(2)7-6-12-20(17,4)5/h8-11,13H,6-7,12H2,1-5H3,(H,22,23). The molecule has 0 heterocycles. The summed E-state index contributed by atoms with van der Waals surface area (Å²) in [5, 5.41) is 8.61. The molecule has 0 amide bonds. The van der Waals surface area contributed by atoms with E-state index in [1.165, 1.54) is 37.0 Å². The quantitative estimate of drug-likeness (QED) is 0.506. The third-order valence-electron chi connectivity index (χ3n) is 4.26. The molecule has 0 aliphatic heterocycles. The molecule has 1 aliphatic carbocycles. The summed E-state index contributed by atoms with van der Waals surface area (Å²) < 4.78 is 13.7. The first-order valence-electron chi connectivity index (χ1n) is 7.97. The number of carbonyl (C=O) groups is 1. The van der Waals surface area contributed by atoms with Crippen LogP contribution in [0.5, 0.6) is 0 Å². The van der Waals surface area contributed by atoms with E-state index >= 15 is 0 Å². The number of carboxylic acids is 1. The Morgan fingerprint density at radius 1 is 1.26 bits per heavy atom. The van der Waals surface area contributed by atoms with Crippen molar-refractivity contribution in [3.63, 3.8) is 0 Å². The van der Waals surface area contributed by atoms with Crippen LogP contribution in [0, 0.1) is 5.41 Å². The summed E-state index contributed by atoms with van der Waals surface area (Å²) in [4.78, 5) is 10.5. The Hall–Kier alpha value is -1.90. The molecule has 2 nitrogen and oxygen atoms in total. The fourth-order valence-electron chi connectivity index (χ4n) is 2.87. The van der Waals surface area contributed by atoms with Crippen LogP contribution in [0.1, 0.15) is 53.9 Å². The molecule has 0 aromatic heterocycles. The van der Waals surface area contributed by atoms with Gasteiger partial charge in [-0.15, -0.1) is 0 Å². The van der Waals surface area contributed by atoms with Crippen LogP contribution < -0.4 is 0 Å². The minimum atomic E-state index is -1.14. The maximum absolute atomic E-state index is 13.7. The molecule has 23 heavy (non-hydrogen) atoms. The molecule has 0 radical (unpaired) electrons. The average molecular weight is 318 g/mol. The van der Waals surface area contributed by atoms with Gasteiger partial charge in [0.2, 0.25) is 0 Å². The zero-order valence-electron chi connectivity index (χ0n) is 14.7. The molecule has 0 unspecified atom stereocenters. The van der Waals surface area contributed by atoms with E-state index in [0.29, 0.717) is 0 Å². The average Bonchev–Trinajstić information content (AvgIpc) is 2.42. The molecule has 1 aliphatic rings. The van der Waals surface area contributed by atoms with Gasteiger partial charge >= 0.3 is 5.97 Å². The molecule has 0 aromatic carbocycles. The molecule has 0 bridgehead atoms. The molecule has 1 N–H and O–H groups in total. The van der Waals surface area contributed by atoms with Crippen molar-refractivity contribution in [3.8, 4) is 0 Å². The van der Waals surface area contributed by atoms with Crippen molar-refractivity contribution < 1.29 is 14.3 Å². The highest BCUT2D eigenvalue weighted by atomic mass is 19.1. The molecule has 126 valence electrons. The van der Waals surface area contributed by atoms with Crippen LogP contribution >= 0.6 is 0 Å². The van der Waals surface area contributed by atoms with Gasteiger partial charge in [-0.05, 0) is 62.7 Å². The van der Waals surface area contributed by atoms with Crippen LogP contribution in [-0.4, -0.2) is 11.1 Å². The van der Waals surface area contributed by atoms with E-state index in [9.17, 15) is 9.18 Å². The number of hydrogen-bond acceptors (Lipinski definition) is 1. The Morgan fingerprint density at radius 2 is 1.91 bits per heavy atom. The zero-order valence-corrected chi connectivity index (χ0v) is 14.7. The van der Waals surface area contributed by atoms with Crippen molar-refractivity contribution >= 4 is 5.97 Å². The second-order valence-corrected chi connectivity index (χ2v) is 6.86. The van der Waals surface area contributed by atoms with Crippen molar-refractivity contribution in [1.29, 1.82) is 0 Å². The first kappa shape index (κ1) is 19.1. The number of carboxylic acid groups (broad SMARTS) is 1. The summed E-state index contributed by atoms with van der Waals surface area (Å²) in [6, 6.07) is 0. The van der Waals surface area contributed by atoms with Gasteiger partial charge in [-0.3, -0.25) is 0 Å². The van der Waals surface area contributed by atoms with E-state index < -0.39 is 11.8 Å². The number of rotatable bonds is 5. The minimum Gasteiger partial charge on any atom is -0.478 e. The highest BCUT2D eigenvalue weighted by molar-refractivity contribution is 5.81. The first-order valence-corrected chi connectivity index (χ1v) is 7.97. The lowest BCUT2D eigenvalue weighted by Gasteiger charge is -2.32. The smallest absolute Gasteiger partial charge is 0.328 e. The molecule has 0 aromatic rings. The van der Waals surface area contributed by atoms with Gasteiger partial charge in [0.15, 0.2) is 0 Å². The molecule has 1 rings (SSSR count).